The van der Waals surface area contributed by atoms with Crippen LogP contribution in [0.2, 0.25) is 0 Å². The maximum atomic E-state index is 16.2. The summed E-state index contributed by atoms with van der Waals surface area (Å²) in [6.45, 7) is 7.08. The van der Waals surface area contributed by atoms with Crippen LogP contribution in [0.25, 0.3) is 38.7 Å². The highest BCUT2D eigenvalue weighted by molar-refractivity contribution is 7.13. The van der Waals surface area contributed by atoms with Gasteiger partial charge >= 0.3 is 0 Å². The molecule has 0 saturated carbocycles. The fraction of sp³-hybridized carbons (Fsp3) is 0.258. The molecular formula is C31H30F2N6OS. The average Bonchev–Trinajstić information content (AvgIpc) is 3.60. The molecule has 4 heterocycles. The molecule has 0 radical (unpaired) electrons. The van der Waals surface area contributed by atoms with E-state index < -0.39 is 0 Å². The summed E-state index contributed by atoms with van der Waals surface area (Å²) < 4.78 is 31.5. The summed E-state index contributed by atoms with van der Waals surface area (Å²) in [5.41, 5.74) is 12.0. The number of nitrogens with two attached hydrogens (primary N) is 1. The Bertz CT molecular complexity index is 1740. The topological polar surface area (TPSA) is 79.8 Å². The second kappa shape index (κ2) is 11.0. The summed E-state index contributed by atoms with van der Waals surface area (Å²) in [6.07, 6.45) is 2.69. The summed E-state index contributed by atoms with van der Waals surface area (Å²) in [5.74, 6) is -0.920. The van der Waals surface area contributed by atoms with Gasteiger partial charge in [-0.2, -0.15) is 0 Å². The van der Waals surface area contributed by atoms with Gasteiger partial charge in [-0.05, 0) is 61.4 Å². The van der Waals surface area contributed by atoms with E-state index in [1.165, 1.54) is 23.5 Å². The first-order chi connectivity index (χ1) is 19.8. The normalized spacial score (nSPS) is 14.2. The lowest BCUT2D eigenvalue weighted by molar-refractivity contribution is -0.119. The fourth-order valence-electron chi connectivity index (χ4n) is 5.44. The van der Waals surface area contributed by atoms with Crippen LogP contribution in [0, 0.1) is 18.6 Å². The highest BCUT2D eigenvalue weighted by Gasteiger charge is 2.23. The van der Waals surface area contributed by atoms with Crippen LogP contribution in [0.1, 0.15) is 18.2 Å². The number of benzene rings is 2. The summed E-state index contributed by atoms with van der Waals surface area (Å²) in [5, 5.41) is 2.61. The SMILES string of the molecule is CCc1nc2ccc(N3CCN(CC(N)=O)CC3)cn2c1-c1ccc(-c2nc(-c3ccc(F)cc3)cs2)c(C)c1F. The van der Waals surface area contributed by atoms with Crippen molar-refractivity contribution in [1.29, 1.82) is 0 Å². The monoisotopic (exact) mass is 572 g/mol. The van der Waals surface area contributed by atoms with Crippen LogP contribution in [-0.2, 0) is 11.2 Å². The molecule has 1 aliphatic heterocycles. The van der Waals surface area contributed by atoms with Crippen molar-refractivity contribution in [3.63, 3.8) is 0 Å². The van der Waals surface area contributed by atoms with E-state index in [1.807, 2.05) is 47.2 Å². The van der Waals surface area contributed by atoms with Gasteiger partial charge in [0, 0.05) is 54.4 Å². The highest BCUT2D eigenvalue weighted by atomic mass is 32.1. The molecule has 0 bridgehead atoms. The molecule has 1 aliphatic rings. The maximum absolute atomic E-state index is 16.2. The molecule has 0 spiro atoms. The molecule has 41 heavy (non-hydrogen) atoms. The Morgan fingerprint density at radius 1 is 0.976 bits per heavy atom. The number of nitrogens with zero attached hydrogens (tertiary/aromatic N) is 5. The lowest BCUT2D eigenvalue weighted by Gasteiger charge is -2.35. The molecule has 0 atom stereocenters. The maximum Gasteiger partial charge on any atom is 0.231 e. The number of hydrogen-bond acceptors (Lipinski definition) is 6. The number of carbonyl (C=O) groups is 1. The number of aromatic nitrogens is 3. The number of imidazole rings is 1. The van der Waals surface area contributed by atoms with Crippen LogP contribution in [0.4, 0.5) is 14.5 Å². The number of thiazole rings is 1. The first kappa shape index (κ1) is 27.0. The molecule has 2 N–H and O–H groups in total. The minimum Gasteiger partial charge on any atom is -0.369 e. The first-order valence-corrected chi connectivity index (χ1v) is 14.5. The smallest absolute Gasteiger partial charge is 0.231 e. The van der Waals surface area contributed by atoms with E-state index in [0.29, 0.717) is 22.6 Å². The predicted octanol–water partition coefficient (Wildman–Crippen LogP) is 5.55. The average molecular weight is 573 g/mol. The molecule has 2 aromatic carbocycles. The van der Waals surface area contributed by atoms with Gasteiger partial charge in [-0.25, -0.2) is 18.7 Å². The Kier molecular flexibility index (Phi) is 7.27. The molecule has 210 valence electrons. The molecule has 5 aromatic rings. The number of piperazine rings is 1. The minimum absolute atomic E-state index is 0.265. The number of amides is 1. The third-order valence-corrected chi connectivity index (χ3v) is 8.52. The number of halogens is 2. The molecule has 1 saturated heterocycles. The van der Waals surface area contributed by atoms with E-state index in [-0.39, 0.29) is 24.1 Å². The third-order valence-electron chi connectivity index (χ3n) is 7.64. The van der Waals surface area contributed by atoms with Crippen molar-refractivity contribution in [1.82, 2.24) is 19.3 Å². The number of anilines is 1. The van der Waals surface area contributed by atoms with Gasteiger partial charge in [0.15, 0.2) is 0 Å². The van der Waals surface area contributed by atoms with Crippen molar-refractivity contribution in [2.75, 3.05) is 37.6 Å². The van der Waals surface area contributed by atoms with Gasteiger partial charge in [-0.1, -0.05) is 13.0 Å². The van der Waals surface area contributed by atoms with Crippen LogP contribution in [-0.4, -0.2) is 57.9 Å². The van der Waals surface area contributed by atoms with Crippen LogP contribution in [0.3, 0.4) is 0 Å². The van der Waals surface area contributed by atoms with Gasteiger partial charge in [-0.15, -0.1) is 11.3 Å². The summed E-state index contributed by atoms with van der Waals surface area (Å²) in [6, 6.07) is 13.9. The third kappa shape index (κ3) is 5.20. The van der Waals surface area contributed by atoms with Gasteiger partial charge in [0.25, 0.3) is 0 Å². The number of primary amides is 1. The first-order valence-electron chi connectivity index (χ1n) is 13.6. The molecule has 7 nitrogen and oxygen atoms in total. The Balaban J connectivity index is 1.34. The van der Waals surface area contributed by atoms with E-state index in [1.54, 1.807) is 19.1 Å². The predicted molar refractivity (Wildman–Crippen MR) is 159 cm³/mol. The molecule has 1 fully saturated rings. The van der Waals surface area contributed by atoms with Gasteiger partial charge in [0.1, 0.15) is 22.3 Å². The second-order valence-corrected chi connectivity index (χ2v) is 11.1. The molecule has 6 rings (SSSR count). The van der Waals surface area contributed by atoms with E-state index in [9.17, 15) is 9.18 Å². The van der Waals surface area contributed by atoms with Crippen molar-refractivity contribution in [3.8, 4) is 33.1 Å². The van der Waals surface area contributed by atoms with Crippen molar-refractivity contribution >= 4 is 28.6 Å². The number of rotatable bonds is 7. The van der Waals surface area contributed by atoms with Crippen molar-refractivity contribution in [2.45, 2.75) is 20.3 Å². The zero-order valence-corrected chi connectivity index (χ0v) is 23.7. The number of fused-ring (bicyclic) bond motifs is 1. The van der Waals surface area contributed by atoms with Crippen molar-refractivity contribution < 1.29 is 13.6 Å². The Hall–Kier alpha value is -4.15. The highest BCUT2D eigenvalue weighted by Crippen LogP contribution is 2.37. The lowest BCUT2D eigenvalue weighted by Crippen LogP contribution is -2.48. The van der Waals surface area contributed by atoms with Gasteiger partial charge in [0.05, 0.1) is 29.3 Å². The van der Waals surface area contributed by atoms with E-state index in [0.717, 1.165) is 65.7 Å². The van der Waals surface area contributed by atoms with Crippen LogP contribution >= 0.6 is 11.3 Å². The Morgan fingerprint density at radius 2 is 1.71 bits per heavy atom. The molecule has 0 unspecified atom stereocenters. The van der Waals surface area contributed by atoms with Crippen molar-refractivity contribution in [3.05, 3.63) is 83.0 Å². The van der Waals surface area contributed by atoms with Crippen LogP contribution < -0.4 is 10.6 Å². The minimum atomic E-state index is -0.318. The molecule has 1 amide bonds. The number of aryl methyl sites for hydroxylation is 1. The number of carbonyl (C=O) groups excluding carboxylic acids is 1. The van der Waals surface area contributed by atoms with E-state index in [2.05, 4.69) is 9.80 Å². The molecule has 0 aliphatic carbocycles. The standard InChI is InChI=1S/C31H30F2N6OS/c1-3-25-30(39-16-22(8-11-28(39)35-25)38-14-12-37(13-15-38)17-27(34)40)24-10-9-23(19(2)29(24)33)31-36-26(18-41-31)20-4-6-21(32)7-5-20/h4-11,16,18H,3,12-15,17H2,1-2H3,(H2,34,40). The Morgan fingerprint density at radius 3 is 2.41 bits per heavy atom. The van der Waals surface area contributed by atoms with E-state index >= 15 is 4.39 Å². The quantitative estimate of drug-likeness (QED) is 0.277. The molecule has 3 aromatic heterocycles. The zero-order valence-electron chi connectivity index (χ0n) is 22.9. The summed E-state index contributed by atoms with van der Waals surface area (Å²) in [7, 11) is 0. The Labute approximate surface area is 240 Å². The molecular weight excluding hydrogens is 542 g/mol. The van der Waals surface area contributed by atoms with Gasteiger partial charge in [-0.3, -0.25) is 14.1 Å². The molecule has 10 heteroatoms. The summed E-state index contributed by atoms with van der Waals surface area (Å²) >= 11 is 1.44. The van der Waals surface area contributed by atoms with Gasteiger partial charge < -0.3 is 10.6 Å². The van der Waals surface area contributed by atoms with Crippen LogP contribution in [0.15, 0.2) is 60.1 Å². The largest absolute Gasteiger partial charge is 0.369 e. The second-order valence-electron chi connectivity index (χ2n) is 10.3. The number of pyridine rings is 1. The lowest BCUT2D eigenvalue weighted by atomic mass is 10.0. The fourth-order valence-corrected chi connectivity index (χ4v) is 6.35. The summed E-state index contributed by atoms with van der Waals surface area (Å²) in [4.78, 5) is 25.2. The number of hydrogen-bond donors (Lipinski definition) is 1. The zero-order chi connectivity index (χ0) is 28.7. The van der Waals surface area contributed by atoms with Crippen molar-refractivity contribution in [2.24, 2.45) is 5.73 Å². The van der Waals surface area contributed by atoms with Gasteiger partial charge in [0.2, 0.25) is 5.91 Å². The van der Waals surface area contributed by atoms with Crippen LogP contribution in [0.5, 0.6) is 0 Å². The van der Waals surface area contributed by atoms with E-state index in [4.69, 9.17) is 15.7 Å².